The van der Waals surface area contributed by atoms with Crippen LogP contribution in [-0.2, 0) is 0 Å². The summed E-state index contributed by atoms with van der Waals surface area (Å²) in [4.78, 5) is 2.58. The highest BCUT2D eigenvalue weighted by Gasteiger charge is 2.19. The maximum Gasteiger partial charge on any atom is 0.00768 e. The van der Waals surface area contributed by atoms with Gasteiger partial charge in [-0.1, -0.05) is 20.8 Å². The second-order valence-electron chi connectivity index (χ2n) is 3.83. The third kappa shape index (κ3) is 4.43. The lowest BCUT2D eigenvalue weighted by molar-refractivity contribution is 0.224. The van der Waals surface area contributed by atoms with Crippen LogP contribution >= 0.6 is 0 Å². The van der Waals surface area contributed by atoms with Gasteiger partial charge in [0.2, 0.25) is 0 Å². The summed E-state index contributed by atoms with van der Waals surface area (Å²) in [5.41, 5.74) is 0. The summed E-state index contributed by atoms with van der Waals surface area (Å²) in [6, 6.07) is 1.54. The Morgan fingerprint density at radius 1 is 1.21 bits per heavy atom. The molecule has 1 aliphatic rings. The van der Waals surface area contributed by atoms with E-state index in [0.29, 0.717) is 0 Å². The number of hydrogen-bond donors (Lipinski definition) is 1. The van der Waals surface area contributed by atoms with Crippen LogP contribution in [0.25, 0.3) is 0 Å². The van der Waals surface area contributed by atoms with Gasteiger partial charge in [0.1, 0.15) is 0 Å². The highest BCUT2D eigenvalue weighted by Crippen LogP contribution is 2.15. The van der Waals surface area contributed by atoms with Crippen LogP contribution < -0.4 is 5.32 Å². The first kappa shape index (κ1) is 13.9. The van der Waals surface area contributed by atoms with Gasteiger partial charge in [0.15, 0.2) is 0 Å². The topological polar surface area (TPSA) is 15.3 Å². The summed E-state index contributed by atoms with van der Waals surface area (Å²) in [5.74, 6) is 0. The van der Waals surface area contributed by atoms with Crippen molar-refractivity contribution in [1.29, 1.82) is 0 Å². The fourth-order valence-corrected chi connectivity index (χ4v) is 2.07. The van der Waals surface area contributed by atoms with E-state index >= 15 is 0 Å². The summed E-state index contributed by atoms with van der Waals surface area (Å²) in [7, 11) is 2.08. The average molecular weight is 200 g/mol. The molecule has 1 N–H and O–H groups in total. The Bertz CT molecular complexity index is 125. The lowest BCUT2D eigenvalue weighted by Crippen LogP contribution is -2.32. The molecule has 1 heterocycles. The molecule has 0 aromatic rings. The molecule has 0 aliphatic carbocycles. The molecule has 1 fully saturated rings. The Morgan fingerprint density at radius 3 is 2.36 bits per heavy atom. The lowest BCUT2D eigenvalue weighted by Gasteiger charge is -2.24. The SMILES string of the molecule is CC.CCN1CCC(NC)CCC1C. The van der Waals surface area contributed by atoms with Crippen LogP contribution in [0.5, 0.6) is 0 Å². The third-order valence-corrected chi connectivity index (χ3v) is 3.14. The first-order chi connectivity index (χ1) is 6.77. The van der Waals surface area contributed by atoms with E-state index in [1.807, 2.05) is 13.8 Å². The maximum atomic E-state index is 3.38. The number of nitrogens with zero attached hydrogens (tertiary/aromatic N) is 1. The predicted molar refractivity (Wildman–Crippen MR) is 64.8 cm³/mol. The van der Waals surface area contributed by atoms with Crippen molar-refractivity contribution in [1.82, 2.24) is 10.2 Å². The molecular formula is C12H28N2. The first-order valence-corrected chi connectivity index (χ1v) is 6.19. The third-order valence-electron chi connectivity index (χ3n) is 3.14. The number of likely N-dealkylation sites (tertiary alicyclic amines) is 1. The Labute approximate surface area is 90.1 Å². The summed E-state index contributed by atoms with van der Waals surface area (Å²) >= 11 is 0. The highest BCUT2D eigenvalue weighted by molar-refractivity contribution is 4.77. The van der Waals surface area contributed by atoms with E-state index in [0.717, 1.165) is 12.1 Å². The van der Waals surface area contributed by atoms with Crippen LogP contribution in [0.4, 0.5) is 0 Å². The molecule has 1 saturated heterocycles. The summed E-state index contributed by atoms with van der Waals surface area (Å²) in [6.07, 6.45) is 4.00. The molecule has 0 bridgehead atoms. The van der Waals surface area contributed by atoms with Crippen molar-refractivity contribution >= 4 is 0 Å². The standard InChI is InChI=1S/C10H22N2.C2H6/c1-4-12-8-7-10(11-3)6-5-9(12)2;1-2/h9-11H,4-8H2,1-3H3;1-2H3. The maximum absolute atomic E-state index is 3.38. The Hall–Kier alpha value is -0.0800. The first-order valence-electron chi connectivity index (χ1n) is 6.19. The van der Waals surface area contributed by atoms with Crippen molar-refractivity contribution in [2.75, 3.05) is 20.1 Å². The minimum Gasteiger partial charge on any atom is -0.317 e. The van der Waals surface area contributed by atoms with Crippen molar-refractivity contribution in [2.45, 2.75) is 59.0 Å². The highest BCUT2D eigenvalue weighted by atomic mass is 15.1. The zero-order valence-corrected chi connectivity index (χ0v) is 10.6. The molecule has 2 heteroatoms. The van der Waals surface area contributed by atoms with Crippen LogP contribution in [0.1, 0.15) is 47.0 Å². The van der Waals surface area contributed by atoms with Crippen LogP contribution in [0, 0.1) is 0 Å². The number of hydrogen-bond acceptors (Lipinski definition) is 2. The average Bonchev–Trinajstić information content (AvgIpc) is 2.43. The molecule has 2 nitrogen and oxygen atoms in total. The molecule has 0 aromatic carbocycles. The zero-order valence-electron chi connectivity index (χ0n) is 10.6. The van der Waals surface area contributed by atoms with Crippen molar-refractivity contribution in [3.05, 3.63) is 0 Å². The smallest absolute Gasteiger partial charge is 0.00768 e. The quantitative estimate of drug-likeness (QED) is 0.737. The minimum atomic E-state index is 0.754. The fraction of sp³-hybridized carbons (Fsp3) is 1.00. The van der Waals surface area contributed by atoms with Gasteiger partial charge in [-0.15, -0.1) is 0 Å². The second kappa shape index (κ2) is 8.25. The van der Waals surface area contributed by atoms with Gasteiger partial charge in [-0.05, 0) is 46.3 Å². The van der Waals surface area contributed by atoms with Crippen LogP contribution in [0.15, 0.2) is 0 Å². The van der Waals surface area contributed by atoms with Crippen molar-refractivity contribution in [2.24, 2.45) is 0 Å². The van der Waals surface area contributed by atoms with Gasteiger partial charge in [0, 0.05) is 12.1 Å². The fourth-order valence-electron chi connectivity index (χ4n) is 2.07. The molecule has 14 heavy (non-hydrogen) atoms. The normalized spacial score (nSPS) is 28.9. The zero-order chi connectivity index (χ0) is 11.0. The van der Waals surface area contributed by atoms with E-state index in [9.17, 15) is 0 Å². The molecular weight excluding hydrogens is 172 g/mol. The summed E-state index contributed by atoms with van der Waals surface area (Å²) in [5, 5.41) is 3.38. The van der Waals surface area contributed by atoms with Gasteiger partial charge in [0.25, 0.3) is 0 Å². The van der Waals surface area contributed by atoms with Gasteiger partial charge >= 0.3 is 0 Å². The van der Waals surface area contributed by atoms with Gasteiger partial charge in [-0.2, -0.15) is 0 Å². The molecule has 0 spiro atoms. The monoisotopic (exact) mass is 200 g/mol. The van der Waals surface area contributed by atoms with Crippen molar-refractivity contribution in [3.63, 3.8) is 0 Å². The van der Waals surface area contributed by atoms with E-state index in [1.165, 1.54) is 32.4 Å². The van der Waals surface area contributed by atoms with Gasteiger partial charge < -0.3 is 10.2 Å². The largest absolute Gasteiger partial charge is 0.317 e. The molecule has 0 amide bonds. The molecule has 2 atom stereocenters. The molecule has 0 aromatic heterocycles. The molecule has 2 unspecified atom stereocenters. The van der Waals surface area contributed by atoms with Crippen LogP contribution in [-0.4, -0.2) is 37.1 Å². The molecule has 1 rings (SSSR count). The van der Waals surface area contributed by atoms with Crippen molar-refractivity contribution < 1.29 is 0 Å². The number of rotatable bonds is 2. The predicted octanol–water partition coefficient (Wildman–Crippen LogP) is 2.49. The van der Waals surface area contributed by atoms with E-state index in [-0.39, 0.29) is 0 Å². The Kier molecular flexibility index (Phi) is 8.20. The Balaban J connectivity index is 0.000000791. The molecule has 0 saturated carbocycles. The van der Waals surface area contributed by atoms with Gasteiger partial charge in [0.05, 0.1) is 0 Å². The molecule has 0 radical (unpaired) electrons. The van der Waals surface area contributed by atoms with Crippen LogP contribution in [0.2, 0.25) is 0 Å². The van der Waals surface area contributed by atoms with Gasteiger partial charge in [-0.25, -0.2) is 0 Å². The van der Waals surface area contributed by atoms with E-state index in [1.54, 1.807) is 0 Å². The van der Waals surface area contributed by atoms with E-state index in [2.05, 4.69) is 31.1 Å². The molecule has 1 aliphatic heterocycles. The van der Waals surface area contributed by atoms with Gasteiger partial charge in [-0.3, -0.25) is 0 Å². The van der Waals surface area contributed by atoms with E-state index < -0.39 is 0 Å². The Morgan fingerprint density at radius 2 is 1.86 bits per heavy atom. The van der Waals surface area contributed by atoms with E-state index in [4.69, 9.17) is 0 Å². The summed E-state index contributed by atoms with van der Waals surface area (Å²) < 4.78 is 0. The minimum absolute atomic E-state index is 0.754. The second-order valence-corrected chi connectivity index (χ2v) is 3.83. The number of nitrogens with one attached hydrogen (secondary N) is 1. The lowest BCUT2D eigenvalue weighted by atomic mass is 10.1. The van der Waals surface area contributed by atoms with Crippen LogP contribution in [0.3, 0.4) is 0 Å². The summed E-state index contributed by atoms with van der Waals surface area (Å²) in [6.45, 7) is 11.1. The van der Waals surface area contributed by atoms with Crippen molar-refractivity contribution in [3.8, 4) is 0 Å². The molecule has 86 valence electrons.